The number of fused-ring (bicyclic) bond motifs is 1. The molecule has 23 heavy (non-hydrogen) atoms. The van der Waals surface area contributed by atoms with Crippen LogP contribution in [0.3, 0.4) is 0 Å². The van der Waals surface area contributed by atoms with Crippen LogP contribution in [-0.4, -0.2) is 23.6 Å². The van der Waals surface area contributed by atoms with Crippen molar-refractivity contribution in [2.24, 2.45) is 0 Å². The number of furan rings is 1. The van der Waals surface area contributed by atoms with E-state index in [4.69, 9.17) is 9.15 Å². The highest BCUT2D eigenvalue weighted by atomic mass is 16.5. The molecule has 0 aliphatic heterocycles. The van der Waals surface area contributed by atoms with E-state index in [1.54, 1.807) is 0 Å². The van der Waals surface area contributed by atoms with Gasteiger partial charge in [-0.25, -0.2) is 4.98 Å². The molecule has 0 saturated carbocycles. The monoisotopic (exact) mass is 311 g/mol. The van der Waals surface area contributed by atoms with E-state index < -0.39 is 0 Å². The average Bonchev–Trinajstić information content (AvgIpc) is 2.92. The van der Waals surface area contributed by atoms with Gasteiger partial charge in [-0.05, 0) is 50.6 Å². The SMILES string of the molecule is CCCOc1ccc(N(C)c2nc(C)nc3oc(C)cc23)cc1. The Morgan fingerprint density at radius 3 is 2.57 bits per heavy atom. The highest BCUT2D eigenvalue weighted by Gasteiger charge is 2.15. The molecule has 0 spiro atoms. The lowest BCUT2D eigenvalue weighted by atomic mass is 10.2. The van der Waals surface area contributed by atoms with Crippen LogP contribution in [0, 0.1) is 13.8 Å². The van der Waals surface area contributed by atoms with E-state index in [1.165, 1.54) is 0 Å². The molecule has 3 rings (SSSR count). The number of benzene rings is 1. The molecule has 0 aliphatic carbocycles. The van der Waals surface area contributed by atoms with Crippen LogP contribution in [0.5, 0.6) is 5.75 Å². The van der Waals surface area contributed by atoms with E-state index in [-0.39, 0.29) is 0 Å². The second kappa shape index (κ2) is 6.28. The van der Waals surface area contributed by atoms with Crippen LogP contribution in [-0.2, 0) is 0 Å². The molecule has 5 nitrogen and oxygen atoms in total. The molecule has 0 unspecified atom stereocenters. The Morgan fingerprint density at radius 1 is 1.13 bits per heavy atom. The first kappa shape index (κ1) is 15.3. The quantitative estimate of drug-likeness (QED) is 0.699. The molecule has 0 bridgehead atoms. The second-order valence-electron chi connectivity index (χ2n) is 5.57. The number of hydrogen-bond donors (Lipinski definition) is 0. The van der Waals surface area contributed by atoms with Crippen molar-refractivity contribution in [3.05, 3.63) is 41.9 Å². The fourth-order valence-electron chi connectivity index (χ4n) is 2.49. The molecule has 0 fully saturated rings. The van der Waals surface area contributed by atoms with E-state index in [0.29, 0.717) is 11.5 Å². The summed E-state index contributed by atoms with van der Waals surface area (Å²) in [5, 5.41) is 0.918. The fourth-order valence-corrected chi connectivity index (χ4v) is 2.49. The van der Waals surface area contributed by atoms with Crippen molar-refractivity contribution < 1.29 is 9.15 Å². The summed E-state index contributed by atoms with van der Waals surface area (Å²) in [5.41, 5.74) is 1.66. The standard InChI is InChI=1S/C18H21N3O2/c1-5-10-22-15-8-6-14(7-9-15)21(4)17-16-11-12(2)23-18(16)20-13(3)19-17/h6-9,11H,5,10H2,1-4H3. The van der Waals surface area contributed by atoms with Gasteiger partial charge in [-0.2, -0.15) is 4.98 Å². The maximum absolute atomic E-state index is 5.64. The number of aromatic nitrogens is 2. The molecule has 3 aromatic rings. The van der Waals surface area contributed by atoms with Crippen molar-refractivity contribution in [2.75, 3.05) is 18.6 Å². The van der Waals surface area contributed by atoms with Crippen LogP contribution in [0.25, 0.3) is 11.1 Å². The third kappa shape index (κ3) is 3.13. The van der Waals surface area contributed by atoms with E-state index in [9.17, 15) is 0 Å². The maximum atomic E-state index is 5.64. The predicted molar refractivity (Wildman–Crippen MR) is 91.6 cm³/mol. The van der Waals surface area contributed by atoms with Gasteiger partial charge in [0.25, 0.3) is 0 Å². The summed E-state index contributed by atoms with van der Waals surface area (Å²) in [4.78, 5) is 11.0. The average molecular weight is 311 g/mol. The number of hydrogen-bond acceptors (Lipinski definition) is 5. The van der Waals surface area contributed by atoms with Crippen LogP contribution in [0.15, 0.2) is 34.7 Å². The first-order chi connectivity index (χ1) is 11.1. The molecule has 0 radical (unpaired) electrons. The molecule has 120 valence electrons. The van der Waals surface area contributed by atoms with Gasteiger partial charge in [0.1, 0.15) is 23.2 Å². The van der Waals surface area contributed by atoms with Gasteiger partial charge in [-0.1, -0.05) is 6.92 Å². The molecule has 5 heteroatoms. The van der Waals surface area contributed by atoms with Crippen LogP contribution in [0.4, 0.5) is 11.5 Å². The molecule has 1 aromatic carbocycles. The highest BCUT2D eigenvalue weighted by molar-refractivity contribution is 5.89. The molecule has 2 aromatic heterocycles. The fraction of sp³-hybridized carbons (Fsp3) is 0.333. The summed E-state index contributed by atoms with van der Waals surface area (Å²) in [6.07, 6.45) is 1.000. The van der Waals surface area contributed by atoms with Crippen molar-refractivity contribution in [2.45, 2.75) is 27.2 Å². The van der Waals surface area contributed by atoms with Crippen LogP contribution in [0.1, 0.15) is 24.9 Å². The Bertz CT molecular complexity index is 809. The summed E-state index contributed by atoms with van der Waals surface area (Å²) in [5.74, 6) is 3.24. The van der Waals surface area contributed by atoms with Gasteiger partial charge in [0.2, 0.25) is 5.71 Å². The molecule has 0 aliphatic rings. The Kier molecular flexibility index (Phi) is 4.19. The Hall–Kier alpha value is -2.56. The molecule has 0 saturated heterocycles. The van der Waals surface area contributed by atoms with Crippen molar-refractivity contribution in [1.82, 2.24) is 9.97 Å². The largest absolute Gasteiger partial charge is 0.494 e. The van der Waals surface area contributed by atoms with Gasteiger partial charge in [0, 0.05) is 12.7 Å². The number of rotatable bonds is 5. The van der Waals surface area contributed by atoms with Crippen molar-refractivity contribution >= 4 is 22.6 Å². The molecule has 0 atom stereocenters. The smallest absolute Gasteiger partial charge is 0.231 e. The second-order valence-corrected chi connectivity index (χ2v) is 5.57. The van der Waals surface area contributed by atoms with E-state index >= 15 is 0 Å². The van der Waals surface area contributed by atoms with Crippen molar-refractivity contribution in [1.29, 1.82) is 0 Å². The van der Waals surface area contributed by atoms with Gasteiger partial charge >= 0.3 is 0 Å². The number of anilines is 2. The van der Waals surface area contributed by atoms with E-state index in [2.05, 4.69) is 16.9 Å². The third-order valence-electron chi connectivity index (χ3n) is 3.62. The van der Waals surface area contributed by atoms with Crippen LogP contribution >= 0.6 is 0 Å². The van der Waals surface area contributed by atoms with E-state index in [1.807, 2.05) is 56.1 Å². The van der Waals surface area contributed by atoms with Gasteiger partial charge in [0.15, 0.2) is 0 Å². The summed E-state index contributed by atoms with van der Waals surface area (Å²) >= 11 is 0. The molecule has 2 heterocycles. The summed E-state index contributed by atoms with van der Waals surface area (Å²) < 4.78 is 11.3. The summed E-state index contributed by atoms with van der Waals surface area (Å²) in [6, 6.07) is 9.99. The maximum Gasteiger partial charge on any atom is 0.231 e. The van der Waals surface area contributed by atoms with Crippen molar-refractivity contribution in [3.8, 4) is 5.75 Å². The number of ether oxygens (including phenoxy) is 1. The normalized spacial score (nSPS) is 11.0. The zero-order chi connectivity index (χ0) is 16.4. The minimum Gasteiger partial charge on any atom is -0.494 e. The Morgan fingerprint density at radius 2 is 1.87 bits per heavy atom. The summed E-state index contributed by atoms with van der Waals surface area (Å²) in [6.45, 7) is 6.62. The minimum atomic E-state index is 0.625. The lowest BCUT2D eigenvalue weighted by Gasteiger charge is -2.19. The van der Waals surface area contributed by atoms with Gasteiger partial charge < -0.3 is 14.1 Å². The zero-order valence-electron chi connectivity index (χ0n) is 14.0. The Labute approximate surface area is 135 Å². The lowest BCUT2D eigenvalue weighted by molar-refractivity contribution is 0.317. The van der Waals surface area contributed by atoms with Gasteiger partial charge in [0.05, 0.1) is 12.0 Å². The van der Waals surface area contributed by atoms with Crippen LogP contribution in [0.2, 0.25) is 0 Å². The van der Waals surface area contributed by atoms with Gasteiger partial charge in [-0.3, -0.25) is 0 Å². The van der Waals surface area contributed by atoms with Crippen LogP contribution < -0.4 is 9.64 Å². The minimum absolute atomic E-state index is 0.625. The van der Waals surface area contributed by atoms with Crippen molar-refractivity contribution in [3.63, 3.8) is 0 Å². The third-order valence-corrected chi connectivity index (χ3v) is 3.62. The number of nitrogens with zero attached hydrogens (tertiary/aromatic N) is 3. The molecular formula is C18H21N3O2. The topological polar surface area (TPSA) is 51.4 Å². The first-order valence-electron chi connectivity index (χ1n) is 7.80. The summed E-state index contributed by atoms with van der Waals surface area (Å²) in [7, 11) is 1.99. The van der Waals surface area contributed by atoms with E-state index in [0.717, 1.165) is 41.4 Å². The highest BCUT2D eigenvalue weighted by Crippen LogP contribution is 2.31. The zero-order valence-corrected chi connectivity index (χ0v) is 14.0. The molecular weight excluding hydrogens is 290 g/mol. The molecule has 0 amide bonds. The first-order valence-corrected chi connectivity index (χ1v) is 7.80. The predicted octanol–water partition coefficient (Wildman–Crippen LogP) is 4.40. The van der Waals surface area contributed by atoms with Gasteiger partial charge in [-0.15, -0.1) is 0 Å². The number of aryl methyl sites for hydroxylation is 2. The Balaban J connectivity index is 1.95. The molecule has 0 N–H and O–H groups in total. The lowest BCUT2D eigenvalue weighted by Crippen LogP contribution is -2.12.